The third-order valence-corrected chi connectivity index (χ3v) is 1.59. The van der Waals surface area contributed by atoms with Gasteiger partial charge < -0.3 is 15.2 Å². The van der Waals surface area contributed by atoms with E-state index in [2.05, 4.69) is 5.32 Å². The third kappa shape index (κ3) is 2.62. The fourth-order valence-electron chi connectivity index (χ4n) is 0.989. The maximum Gasteiger partial charge on any atom is 0.322 e. The Morgan fingerprint density at radius 2 is 2.36 bits per heavy atom. The molecule has 0 fully saturated rings. The average Bonchev–Trinajstić information content (AvgIpc) is 2.15. The molecule has 0 heterocycles. The van der Waals surface area contributed by atoms with Crippen LogP contribution >= 0.6 is 0 Å². The molecule has 1 aromatic carbocycles. The van der Waals surface area contributed by atoms with Crippen molar-refractivity contribution >= 4 is 11.7 Å². The van der Waals surface area contributed by atoms with Gasteiger partial charge in [0.25, 0.3) is 0 Å². The molecule has 76 valence electrons. The topological polar surface area (TPSA) is 58.6 Å². The Hall–Kier alpha value is -1.78. The van der Waals surface area contributed by atoms with Crippen molar-refractivity contribution in [2.24, 2.45) is 0 Å². The monoisotopic (exact) mass is 199 g/mol. The number of carboxylic acid groups (broad SMARTS) is 1. The van der Waals surface area contributed by atoms with Crippen molar-refractivity contribution in [2.45, 2.75) is 0 Å². The fourth-order valence-corrected chi connectivity index (χ4v) is 0.989. The number of rotatable bonds is 4. The van der Waals surface area contributed by atoms with Gasteiger partial charge in [-0.25, -0.2) is 4.39 Å². The van der Waals surface area contributed by atoms with Gasteiger partial charge in [0.05, 0.1) is 12.8 Å². The molecule has 0 radical (unpaired) electrons. The van der Waals surface area contributed by atoms with E-state index in [4.69, 9.17) is 9.84 Å². The van der Waals surface area contributed by atoms with Crippen molar-refractivity contribution in [1.29, 1.82) is 0 Å². The molecule has 5 heteroatoms. The van der Waals surface area contributed by atoms with Crippen molar-refractivity contribution < 1.29 is 19.0 Å². The molecule has 0 unspecified atom stereocenters. The molecule has 14 heavy (non-hydrogen) atoms. The maximum atomic E-state index is 12.8. The summed E-state index contributed by atoms with van der Waals surface area (Å²) in [6.45, 7) is -0.278. The van der Waals surface area contributed by atoms with E-state index in [9.17, 15) is 9.18 Å². The standard InChI is InChI=1S/C9H10FNO3/c1-14-8-3-2-6(10)4-7(8)11-5-9(12)13/h2-4,11H,5H2,1H3,(H,12,13). The predicted molar refractivity (Wildman–Crippen MR) is 49.1 cm³/mol. The summed E-state index contributed by atoms with van der Waals surface area (Å²) in [4.78, 5) is 10.3. The summed E-state index contributed by atoms with van der Waals surface area (Å²) in [6, 6.07) is 3.85. The van der Waals surface area contributed by atoms with Gasteiger partial charge in [0.15, 0.2) is 0 Å². The summed E-state index contributed by atoms with van der Waals surface area (Å²) in [5.74, 6) is -1.05. The van der Waals surface area contributed by atoms with E-state index in [1.54, 1.807) is 0 Å². The zero-order chi connectivity index (χ0) is 10.6. The lowest BCUT2D eigenvalue weighted by Crippen LogP contribution is -2.13. The maximum absolute atomic E-state index is 12.8. The molecule has 2 N–H and O–H groups in total. The van der Waals surface area contributed by atoms with Crippen molar-refractivity contribution in [3.8, 4) is 5.75 Å². The highest BCUT2D eigenvalue weighted by molar-refractivity contribution is 5.73. The molecule has 0 aliphatic heterocycles. The lowest BCUT2D eigenvalue weighted by molar-refractivity contribution is -0.134. The number of anilines is 1. The number of nitrogens with one attached hydrogen (secondary N) is 1. The predicted octanol–water partition coefficient (Wildman–Crippen LogP) is 1.33. The molecule has 0 saturated carbocycles. The van der Waals surface area contributed by atoms with Gasteiger partial charge in [-0.3, -0.25) is 4.79 Å². The number of ether oxygens (including phenoxy) is 1. The minimum absolute atomic E-state index is 0.278. The molecule has 0 spiro atoms. The number of halogens is 1. The van der Waals surface area contributed by atoms with E-state index in [1.807, 2.05) is 0 Å². The average molecular weight is 199 g/mol. The summed E-state index contributed by atoms with van der Waals surface area (Å²) in [7, 11) is 1.43. The van der Waals surface area contributed by atoms with Gasteiger partial charge in [0.2, 0.25) is 0 Å². The Morgan fingerprint density at radius 1 is 1.64 bits per heavy atom. The first-order valence-electron chi connectivity index (χ1n) is 3.92. The molecule has 0 amide bonds. The van der Waals surface area contributed by atoms with Crippen LogP contribution in [0.1, 0.15) is 0 Å². The van der Waals surface area contributed by atoms with Crippen molar-refractivity contribution in [3.05, 3.63) is 24.0 Å². The molecule has 0 aromatic heterocycles. The van der Waals surface area contributed by atoms with Gasteiger partial charge in [-0.1, -0.05) is 0 Å². The second-order valence-electron chi connectivity index (χ2n) is 2.59. The zero-order valence-corrected chi connectivity index (χ0v) is 7.58. The van der Waals surface area contributed by atoms with E-state index in [1.165, 1.54) is 25.3 Å². The van der Waals surface area contributed by atoms with Crippen LogP contribution in [0.5, 0.6) is 5.75 Å². The highest BCUT2D eigenvalue weighted by atomic mass is 19.1. The Kier molecular flexibility index (Phi) is 3.28. The Morgan fingerprint density at radius 3 is 2.93 bits per heavy atom. The molecular formula is C9H10FNO3. The fraction of sp³-hybridized carbons (Fsp3) is 0.222. The first-order valence-corrected chi connectivity index (χ1v) is 3.92. The number of aliphatic carboxylic acids is 1. The van der Waals surface area contributed by atoms with Gasteiger partial charge in [0, 0.05) is 6.07 Å². The van der Waals surface area contributed by atoms with Gasteiger partial charge in [-0.05, 0) is 12.1 Å². The molecular weight excluding hydrogens is 189 g/mol. The van der Waals surface area contributed by atoms with Crippen LogP contribution < -0.4 is 10.1 Å². The number of benzene rings is 1. The normalized spacial score (nSPS) is 9.57. The summed E-state index contributed by atoms with van der Waals surface area (Å²) in [5, 5.41) is 11.0. The van der Waals surface area contributed by atoms with E-state index >= 15 is 0 Å². The van der Waals surface area contributed by atoms with Crippen molar-refractivity contribution in [1.82, 2.24) is 0 Å². The van der Waals surface area contributed by atoms with Crippen LogP contribution in [0.4, 0.5) is 10.1 Å². The quantitative estimate of drug-likeness (QED) is 0.768. The van der Waals surface area contributed by atoms with E-state index < -0.39 is 11.8 Å². The largest absolute Gasteiger partial charge is 0.495 e. The Balaban J connectivity index is 2.82. The van der Waals surface area contributed by atoms with E-state index in [0.29, 0.717) is 11.4 Å². The van der Waals surface area contributed by atoms with Crippen LogP contribution in [-0.4, -0.2) is 24.7 Å². The number of carboxylic acids is 1. The molecule has 4 nitrogen and oxygen atoms in total. The summed E-state index contributed by atoms with van der Waals surface area (Å²) >= 11 is 0. The van der Waals surface area contributed by atoms with Crippen molar-refractivity contribution in [3.63, 3.8) is 0 Å². The molecule has 0 bridgehead atoms. The van der Waals surface area contributed by atoms with Crippen molar-refractivity contribution in [2.75, 3.05) is 19.0 Å². The second-order valence-corrected chi connectivity index (χ2v) is 2.59. The minimum Gasteiger partial charge on any atom is -0.495 e. The first-order chi connectivity index (χ1) is 6.63. The highest BCUT2D eigenvalue weighted by Crippen LogP contribution is 2.24. The molecule has 1 aromatic rings. The summed E-state index contributed by atoms with van der Waals surface area (Å²) in [5.41, 5.74) is 0.329. The van der Waals surface area contributed by atoms with Crippen LogP contribution in [0.25, 0.3) is 0 Å². The molecule has 0 aliphatic carbocycles. The number of hydrogen-bond donors (Lipinski definition) is 2. The van der Waals surface area contributed by atoms with E-state index in [0.717, 1.165) is 0 Å². The number of methoxy groups -OCH3 is 1. The lowest BCUT2D eigenvalue weighted by atomic mass is 10.3. The van der Waals surface area contributed by atoms with Crippen LogP contribution in [0.2, 0.25) is 0 Å². The zero-order valence-electron chi connectivity index (χ0n) is 7.58. The van der Waals surface area contributed by atoms with Gasteiger partial charge in [0.1, 0.15) is 18.1 Å². The molecule has 0 aliphatic rings. The smallest absolute Gasteiger partial charge is 0.322 e. The Bertz CT molecular complexity index is 341. The summed E-state index contributed by atoms with van der Waals surface area (Å²) < 4.78 is 17.7. The van der Waals surface area contributed by atoms with Gasteiger partial charge in [-0.15, -0.1) is 0 Å². The van der Waals surface area contributed by atoms with Crippen LogP contribution in [0.3, 0.4) is 0 Å². The molecule has 0 atom stereocenters. The molecule has 0 saturated heterocycles. The first kappa shape index (κ1) is 10.3. The van der Waals surface area contributed by atoms with Crippen LogP contribution in [-0.2, 0) is 4.79 Å². The molecule has 1 rings (SSSR count). The van der Waals surface area contributed by atoms with Crippen LogP contribution in [0.15, 0.2) is 18.2 Å². The number of hydrogen-bond acceptors (Lipinski definition) is 3. The van der Waals surface area contributed by atoms with Gasteiger partial charge in [-0.2, -0.15) is 0 Å². The van der Waals surface area contributed by atoms with Gasteiger partial charge >= 0.3 is 5.97 Å². The summed E-state index contributed by atoms with van der Waals surface area (Å²) in [6.07, 6.45) is 0. The highest BCUT2D eigenvalue weighted by Gasteiger charge is 2.05. The second kappa shape index (κ2) is 4.45. The van der Waals surface area contributed by atoms with E-state index in [-0.39, 0.29) is 6.54 Å². The lowest BCUT2D eigenvalue weighted by Gasteiger charge is -2.08. The van der Waals surface area contributed by atoms with Crippen LogP contribution in [0, 0.1) is 5.82 Å². The SMILES string of the molecule is COc1ccc(F)cc1NCC(=O)O. The minimum atomic E-state index is -1.02. The number of carbonyl (C=O) groups is 1. The third-order valence-electron chi connectivity index (χ3n) is 1.59. The Labute approximate surface area is 80.3 Å².